The van der Waals surface area contributed by atoms with Crippen LogP contribution in [-0.4, -0.2) is 31.0 Å². The Bertz CT molecular complexity index is 713. The molecule has 2 heterocycles. The molecular formula is C13H17N5O3. The minimum Gasteiger partial charge on any atom is -0.481 e. The van der Waals surface area contributed by atoms with Crippen LogP contribution in [0.1, 0.15) is 31.9 Å². The van der Waals surface area contributed by atoms with Crippen molar-refractivity contribution in [1.82, 2.24) is 19.9 Å². The molecule has 2 aromatic rings. The topological polar surface area (TPSA) is 135 Å². The van der Waals surface area contributed by atoms with Gasteiger partial charge in [-0.05, 0) is 25.7 Å². The van der Waals surface area contributed by atoms with E-state index in [1.807, 2.05) is 6.92 Å². The van der Waals surface area contributed by atoms with Crippen molar-refractivity contribution < 1.29 is 9.90 Å². The standard InChI is InChI=1S/C13H17N5O3/c1-2-7(12(20)21)4-3-5-8-6-15-10-9(16-8)11(19)18-13(14)17-10/h6-7H,2-5H2,1H3,(H,20,21)(H3,14,15,17,18,19). The summed E-state index contributed by atoms with van der Waals surface area (Å²) in [7, 11) is 0. The number of nitrogens with zero attached hydrogens (tertiary/aromatic N) is 3. The average Bonchev–Trinajstić information content (AvgIpc) is 2.43. The van der Waals surface area contributed by atoms with E-state index >= 15 is 0 Å². The van der Waals surface area contributed by atoms with E-state index in [2.05, 4.69) is 19.9 Å². The van der Waals surface area contributed by atoms with Crippen molar-refractivity contribution in [1.29, 1.82) is 0 Å². The first-order valence-electron chi connectivity index (χ1n) is 6.75. The van der Waals surface area contributed by atoms with Crippen LogP contribution in [0, 0.1) is 5.92 Å². The van der Waals surface area contributed by atoms with E-state index in [9.17, 15) is 9.59 Å². The highest BCUT2D eigenvalue weighted by molar-refractivity contribution is 5.70. The van der Waals surface area contributed by atoms with Gasteiger partial charge in [-0.3, -0.25) is 14.6 Å². The zero-order valence-corrected chi connectivity index (χ0v) is 11.7. The van der Waals surface area contributed by atoms with Gasteiger partial charge in [-0.15, -0.1) is 0 Å². The molecule has 4 N–H and O–H groups in total. The fraction of sp³-hybridized carbons (Fsp3) is 0.462. The molecule has 1 atom stereocenters. The van der Waals surface area contributed by atoms with E-state index < -0.39 is 11.5 Å². The number of aromatic amines is 1. The largest absolute Gasteiger partial charge is 0.481 e. The third-order valence-electron chi connectivity index (χ3n) is 3.31. The molecule has 0 bridgehead atoms. The normalized spacial score (nSPS) is 12.4. The summed E-state index contributed by atoms with van der Waals surface area (Å²) in [5.41, 5.74) is 5.99. The van der Waals surface area contributed by atoms with Gasteiger partial charge >= 0.3 is 5.97 Å². The molecule has 8 nitrogen and oxygen atoms in total. The molecule has 0 aliphatic rings. The third-order valence-corrected chi connectivity index (χ3v) is 3.31. The van der Waals surface area contributed by atoms with Gasteiger partial charge in [0.2, 0.25) is 5.95 Å². The second-order valence-corrected chi connectivity index (χ2v) is 4.82. The molecule has 0 radical (unpaired) electrons. The number of hydrogen-bond acceptors (Lipinski definition) is 6. The number of nitrogens with one attached hydrogen (secondary N) is 1. The summed E-state index contributed by atoms with van der Waals surface area (Å²) in [6, 6.07) is 0. The number of carbonyl (C=O) groups is 1. The Morgan fingerprint density at radius 2 is 2.24 bits per heavy atom. The lowest BCUT2D eigenvalue weighted by molar-refractivity contribution is -0.142. The quantitative estimate of drug-likeness (QED) is 0.713. The number of fused-ring (bicyclic) bond motifs is 1. The maximum Gasteiger partial charge on any atom is 0.306 e. The molecule has 21 heavy (non-hydrogen) atoms. The van der Waals surface area contributed by atoms with Crippen LogP contribution >= 0.6 is 0 Å². The van der Waals surface area contributed by atoms with Gasteiger partial charge in [-0.1, -0.05) is 6.92 Å². The van der Waals surface area contributed by atoms with E-state index in [4.69, 9.17) is 10.8 Å². The van der Waals surface area contributed by atoms with Crippen molar-refractivity contribution in [3.63, 3.8) is 0 Å². The Morgan fingerprint density at radius 1 is 1.48 bits per heavy atom. The first kappa shape index (κ1) is 14.9. The van der Waals surface area contributed by atoms with Crippen LogP contribution in [0.4, 0.5) is 5.95 Å². The summed E-state index contributed by atoms with van der Waals surface area (Å²) in [5, 5.41) is 8.98. The van der Waals surface area contributed by atoms with Crippen molar-refractivity contribution in [3.05, 3.63) is 22.2 Å². The van der Waals surface area contributed by atoms with Gasteiger partial charge < -0.3 is 10.8 Å². The smallest absolute Gasteiger partial charge is 0.306 e. The fourth-order valence-corrected chi connectivity index (χ4v) is 2.12. The zero-order chi connectivity index (χ0) is 15.4. The Labute approximate surface area is 120 Å². The average molecular weight is 291 g/mol. The van der Waals surface area contributed by atoms with E-state index in [1.165, 1.54) is 6.20 Å². The molecule has 2 rings (SSSR count). The lowest BCUT2D eigenvalue weighted by atomic mass is 9.99. The minimum absolute atomic E-state index is 0.00166. The minimum atomic E-state index is -0.779. The summed E-state index contributed by atoms with van der Waals surface area (Å²) in [5.74, 6) is -1.12. The summed E-state index contributed by atoms with van der Waals surface area (Å²) in [4.78, 5) is 37.2. The SMILES string of the molecule is CCC(CCCc1cnc2nc(N)[nH]c(=O)c2n1)C(=O)O. The second-order valence-electron chi connectivity index (χ2n) is 4.82. The molecule has 0 aliphatic heterocycles. The lowest BCUT2D eigenvalue weighted by Gasteiger charge is -2.08. The Morgan fingerprint density at radius 3 is 2.90 bits per heavy atom. The molecule has 2 aromatic heterocycles. The van der Waals surface area contributed by atoms with Gasteiger partial charge in [0.05, 0.1) is 17.8 Å². The van der Waals surface area contributed by atoms with Crippen LogP contribution in [0.5, 0.6) is 0 Å². The van der Waals surface area contributed by atoms with E-state index in [0.29, 0.717) is 31.4 Å². The third kappa shape index (κ3) is 3.53. The lowest BCUT2D eigenvalue weighted by Crippen LogP contribution is -2.15. The van der Waals surface area contributed by atoms with Crippen molar-refractivity contribution in [2.24, 2.45) is 5.92 Å². The van der Waals surface area contributed by atoms with Crippen LogP contribution in [-0.2, 0) is 11.2 Å². The van der Waals surface area contributed by atoms with Crippen LogP contribution in [0.25, 0.3) is 11.2 Å². The van der Waals surface area contributed by atoms with Crippen molar-refractivity contribution >= 4 is 23.1 Å². The summed E-state index contributed by atoms with van der Waals surface area (Å²) in [6.45, 7) is 1.85. The molecule has 0 amide bonds. The molecule has 0 saturated carbocycles. The van der Waals surface area contributed by atoms with Crippen molar-refractivity contribution in [2.75, 3.05) is 5.73 Å². The number of nitrogen functional groups attached to an aromatic ring is 1. The molecule has 0 fully saturated rings. The monoisotopic (exact) mass is 291 g/mol. The van der Waals surface area contributed by atoms with Gasteiger partial charge in [0.15, 0.2) is 11.2 Å². The number of aryl methyl sites for hydroxylation is 1. The number of carboxylic acid groups (broad SMARTS) is 1. The van der Waals surface area contributed by atoms with Gasteiger partial charge in [0.25, 0.3) is 5.56 Å². The molecule has 0 aliphatic carbocycles. The van der Waals surface area contributed by atoms with Gasteiger partial charge in [-0.25, -0.2) is 9.97 Å². The van der Waals surface area contributed by atoms with Crippen molar-refractivity contribution in [2.45, 2.75) is 32.6 Å². The Hall–Kier alpha value is -2.51. The number of rotatable bonds is 6. The maximum absolute atomic E-state index is 11.7. The fourth-order valence-electron chi connectivity index (χ4n) is 2.12. The van der Waals surface area contributed by atoms with Gasteiger partial charge in [-0.2, -0.15) is 4.98 Å². The summed E-state index contributed by atoms with van der Waals surface area (Å²) >= 11 is 0. The number of hydrogen-bond donors (Lipinski definition) is 3. The molecule has 1 unspecified atom stereocenters. The first-order valence-corrected chi connectivity index (χ1v) is 6.75. The van der Waals surface area contributed by atoms with E-state index in [-0.39, 0.29) is 23.0 Å². The maximum atomic E-state index is 11.7. The molecule has 0 spiro atoms. The van der Waals surface area contributed by atoms with Gasteiger partial charge in [0, 0.05) is 0 Å². The molecular weight excluding hydrogens is 274 g/mol. The second kappa shape index (κ2) is 6.29. The first-order chi connectivity index (χ1) is 10.0. The Balaban J connectivity index is 2.10. The number of aromatic nitrogens is 4. The van der Waals surface area contributed by atoms with Crippen molar-refractivity contribution in [3.8, 4) is 0 Å². The number of carboxylic acids is 1. The van der Waals surface area contributed by atoms with Gasteiger partial charge in [0.1, 0.15) is 0 Å². The zero-order valence-electron chi connectivity index (χ0n) is 11.7. The Kier molecular flexibility index (Phi) is 4.46. The number of H-pyrrole nitrogens is 1. The van der Waals surface area contributed by atoms with E-state index in [1.54, 1.807) is 0 Å². The molecule has 0 aromatic carbocycles. The van der Waals surface area contributed by atoms with Crippen LogP contribution in [0.15, 0.2) is 11.0 Å². The van der Waals surface area contributed by atoms with Crippen LogP contribution in [0.3, 0.4) is 0 Å². The van der Waals surface area contributed by atoms with E-state index in [0.717, 1.165) is 0 Å². The summed E-state index contributed by atoms with van der Waals surface area (Å²) in [6.07, 6.45) is 3.95. The molecule has 0 saturated heterocycles. The highest BCUT2D eigenvalue weighted by Gasteiger charge is 2.14. The molecule has 8 heteroatoms. The molecule has 112 valence electrons. The van der Waals surface area contributed by atoms with Crippen LogP contribution in [0.2, 0.25) is 0 Å². The summed E-state index contributed by atoms with van der Waals surface area (Å²) < 4.78 is 0. The highest BCUT2D eigenvalue weighted by atomic mass is 16.4. The predicted octanol–water partition coefficient (Wildman–Crippen LogP) is 0.729. The number of anilines is 1. The number of aliphatic carboxylic acids is 1. The highest BCUT2D eigenvalue weighted by Crippen LogP contribution is 2.13. The predicted molar refractivity (Wildman–Crippen MR) is 76.7 cm³/mol. The van der Waals surface area contributed by atoms with Crippen LogP contribution < -0.4 is 11.3 Å². The number of nitrogens with two attached hydrogens (primary N) is 1.